The molecule has 0 amide bonds. The number of rotatable bonds is 7. The number of nitrogens with zero attached hydrogens (tertiary/aromatic N) is 3. The lowest BCUT2D eigenvalue weighted by Gasteiger charge is -2.21. The predicted octanol–water partition coefficient (Wildman–Crippen LogP) is 1.89. The van der Waals surface area contributed by atoms with Gasteiger partial charge in [0.05, 0.1) is 6.61 Å². The maximum Gasteiger partial charge on any atom is 0.128 e. The zero-order valence-corrected chi connectivity index (χ0v) is 11.9. The zero-order chi connectivity index (χ0) is 13.5. The number of aromatic nitrogens is 1. The highest BCUT2D eigenvalue weighted by atomic mass is 16.3. The fraction of sp³-hybridized carbons (Fsp3) is 0.667. The van der Waals surface area contributed by atoms with E-state index in [-0.39, 0.29) is 6.61 Å². The van der Waals surface area contributed by atoms with Crippen molar-refractivity contribution in [1.82, 2.24) is 9.88 Å². The standard InChI is InChI=1S/C15H25N3O/c1-2-7-17(10-11-19)13-14-5-6-15(16-12-14)18-8-3-4-9-18/h5-6,12,19H,2-4,7-11,13H2,1H3. The second-order valence-corrected chi connectivity index (χ2v) is 5.22. The first-order valence-corrected chi connectivity index (χ1v) is 7.36. The summed E-state index contributed by atoms with van der Waals surface area (Å²) in [7, 11) is 0. The molecule has 1 aromatic rings. The SMILES string of the molecule is CCCN(CCO)Cc1ccc(N2CCCC2)nc1. The molecular formula is C15H25N3O. The monoisotopic (exact) mass is 263 g/mol. The number of hydrogen-bond donors (Lipinski definition) is 1. The number of hydrogen-bond acceptors (Lipinski definition) is 4. The molecule has 1 saturated heterocycles. The van der Waals surface area contributed by atoms with Gasteiger partial charge in [0.25, 0.3) is 0 Å². The molecule has 0 aliphatic carbocycles. The molecule has 0 atom stereocenters. The van der Waals surface area contributed by atoms with Gasteiger partial charge in [0, 0.05) is 32.4 Å². The Hall–Kier alpha value is -1.13. The van der Waals surface area contributed by atoms with Gasteiger partial charge in [-0.25, -0.2) is 4.98 Å². The van der Waals surface area contributed by atoms with E-state index in [1.807, 2.05) is 6.20 Å². The third-order valence-electron chi connectivity index (χ3n) is 3.60. The van der Waals surface area contributed by atoms with E-state index in [2.05, 4.69) is 33.8 Å². The van der Waals surface area contributed by atoms with Crippen molar-refractivity contribution in [2.24, 2.45) is 0 Å². The van der Waals surface area contributed by atoms with Gasteiger partial charge in [0.1, 0.15) is 5.82 Å². The summed E-state index contributed by atoms with van der Waals surface area (Å²) in [6.07, 6.45) is 5.65. The average Bonchev–Trinajstić information content (AvgIpc) is 2.94. The molecule has 0 saturated carbocycles. The first-order chi connectivity index (χ1) is 9.33. The summed E-state index contributed by atoms with van der Waals surface area (Å²) >= 11 is 0. The van der Waals surface area contributed by atoms with Gasteiger partial charge in [0.2, 0.25) is 0 Å². The molecule has 0 aromatic carbocycles. The van der Waals surface area contributed by atoms with Crippen molar-refractivity contribution in [2.75, 3.05) is 37.7 Å². The van der Waals surface area contributed by atoms with Crippen molar-refractivity contribution in [2.45, 2.75) is 32.7 Å². The van der Waals surface area contributed by atoms with Crippen molar-refractivity contribution in [3.8, 4) is 0 Å². The van der Waals surface area contributed by atoms with Crippen LogP contribution < -0.4 is 4.90 Å². The Kier molecular flexibility index (Phi) is 5.61. The minimum Gasteiger partial charge on any atom is -0.395 e. The quantitative estimate of drug-likeness (QED) is 0.815. The highest BCUT2D eigenvalue weighted by Crippen LogP contribution is 2.18. The Balaban J connectivity index is 1.93. The average molecular weight is 263 g/mol. The molecule has 1 N–H and O–H groups in total. The van der Waals surface area contributed by atoms with Gasteiger partial charge in [-0.1, -0.05) is 13.0 Å². The van der Waals surface area contributed by atoms with Crippen LogP contribution in [0.25, 0.3) is 0 Å². The van der Waals surface area contributed by atoms with Crippen LogP contribution in [0.15, 0.2) is 18.3 Å². The maximum absolute atomic E-state index is 9.07. The second kappa shape index (κ2) is 7.46. The third-order valence-corrected chi connectivity index (χ3v) is 3.60. The summed E-state index contributed by atoms with van der Waals surface area (Å²) in [5, 5.41) is 9.07. The molecule has 4 heteroatoms. The van der Waals surface area contributed by atoms with E-state index >= 15 is 0 Å². The van der Waals surface area contributed by atoms with Gasteiger partial charge in [-0.2, -0.15) is 0 Å². The molecular weight excluding hydrogens is 238 g/mol. The summed E-state index contributed by atoms with van der Waals surface area (Å²) in [6, 6.07) is 4.30. The van der Waals surface area contributed by atoms with Crippen LogP contribution in [0.1, 0.15) is 31.7 Å². The number of aliphatic hydroxyl groups excluding tert-OH is 1. The lowest BCUT2D eigenvalue weighted by atomic mass is 10.2. The number of anilines is 1. The molecule has 1 aliphatic rings. The van der Waals surface area contributed by atoms with E-state index < -0.39 is 0 Å². The summed E-state index contributed by atoms with van der Waals surface area (Å²) in [6.45, 7) is 7.30. The lowest BCUT2D eigenvalue weighted by molar-refractivity contribution is 0.190. The first-order valence-electron chi connectivity index (χ1n) is 7.36. The molecule has 1 aliphatic heterocycles. The van der Waals surface area contributed by atoms with E-state index in [1.54, 1.807) is 0 Å². The molecule has 0 radical (unpaired) electrons. The largest absolute Gasteiger partial charge is 0.395 e. The smallest absolute Gasteiger partial charge is 0.128 e. The Morgan fingerprint density at radius 2 is 2.05 bits per heavy atom. The molecule has 0 spiro atoms. The van der Waals surface area contributed by atoms with Crippen molar-refractivity contribution >= 4 is 5.82 Å². The van der Waals surface area contributed by atoms with E-state index in [0.29, 0.717) is 0 Å². The minimum atomic E-state index is 0.222. The minimum absolute atomic E-state index is 0.222. The molecule has 2 heterocycles. The van der Waals surface area contributed by atoms with E-state index in [1.165, 1.54) is 18.4 Å². The summed E-state index contributed by atoms with van der Waals surface area (Å²) in [5.74, 6) is 1.10. The highest BCUT2D eigenvalue weighted by molar-refractivity contribution is 5.40. The lowest BCUT2D eigenvalue weighted by Crippen LogP contribution is -2.27. The molecule has 1 fully saturated rings. The zero-order valence-electron chi connectivity index (χ0n) is 11.9. The molecule has 106 valence electrons. The van der Waals surface area contributed by atoms with Gasteiger partial charge in [-0.3, -0.25) is 4.90 Å². The van der Waals surface area contributed by atoms with E-state index in [9.17, 15) is 0 Å². The molecule has 2 rings (SSSR count). The van der Waals surface area contributed by atoms with Crippen molar-refractivity contribution in [3.63, 3.8) is 0 Å². The Bertz CT molecular complexity index is 354. The molecule has 1 aromatic heterocycles. The molecule has 19 heavy (non-hydrogen) atoms. The van der Waals surface area contributed by atoms with Gasteiger partial charge in [-0.15, -0.1) is 0 Å². The second-order valence-electron chi connectivity index (χ2n) is 5.22. The fourth-order valence-corrected chi connectivity index (χ4v) is 2.63. The summed E-state index contributed by atoms with van der Waals surface area (Å²) in [4.78, 5) is 9.19. The third kappa shape index (κ3) is 4.18. The van der Waals surface area contributed by atoms with Crippen LogP contribution in [0, 0.1) is 0 Å². The van der Waals surface area contributed by atoms with Crippen LogP contribution in [0.5, 0.6) is 0 Å². The van der Waals surface area contributed by atoms with Gasteiger partial charge in [0.15, 0.2) is 0 Å². The van der Waals surface area contributed by atoms with Crippen molar-refractivity contribution < 1.29 is 5.11 Å². The Morgan fingerprint density at radius 1 is 1.26 bits per heavy atom. The molecule has 4 nitrogen and oxygen atoms in total. The normalized spacial score (nSPS) is 15.4. The topological polar surface area (TPSA) is 39.6 Å². The van der Waals surface area contributed by atoms with Gasteiger partial charge >= 0.3 is 0 Å². The summed E-state index contributed by atoms with van der Waals surface area (Å²) < 4.78 is 0. The van der Waals surface area contributed by atoms with E-state index in [0.717, 1.165) is 45.0 Å². The van der Waals surface area contributed by atoms with Crippen LogP contribution in [0.4, 0.5) is 5.82 Å². The van der Waals surface area contributed by atoms with Gasteiger partial charge in [-0.05, 0) is 37.4 Å². The van der Waals surface area contributed by atoms with E-state index in [4.69, 9.17) is 5.11 Å². The molecule has 0 bridgehead atoms. The first kappa shape index (κ1) is 14.3. The van der Waals surface area contributed by atoms with Crippen LogP contribution >= 0.6 is 0 Å². The maximum atomic E-state index is 9.07. The van der Waals surface area contributed by atoms with Crippen LogP contribution in [0.3, 0.4) is 0 Å². The number of aliphatic hydroxyl groups is 1. The molecule has 0 unspecified atom stereocenters. The number of pyridine rings is 1. The van der Waals surface area contributed by atoms with Crippen LogP contribution in [-0.2, 0) is 6.54 Å². The van der Waals surface area contributed by atoms with Crippen molar-refractivity contribution in [1.29, 1.82) is 0 Å². The highest BCUT2D eigenvalue weighted by Gasteiger charge is 2.13. The van der Waals surface area contributed by atoms with Crippen LogP contribution in [0.2, 0.25) is 0 Å². The predicted molar refractivity (Wildman–Crippen MR) is 78.3 cm³/mol. The van der Waals surface area contributed by atoms with Crippen molar-refractivity contribution in [3.05, 3.63) is 23.9 Å². The Labute approximate surface area is 116 Å². The fourth-order valence-electron chi connectivity index (χ4n) is 2.63. The Morgan fingerprint density at radius 3 is 2.63 bits per heavy atom. The summed E-state index contributed by atoms with van der Waals surface area (Å²) in [5.41, 5.74) is 1.23. The van der Waals surface area contributed by atoms with Crippen LogP contribution in [-0.4, -0.2) is 47.8 Å². The van der Waals surface area contributed by atoms with Gasteiger partial charge < -0.3 is 10.0 Å².